The van der Waals surface area contributed by atoms with Gasteiger partial charge in [-0.15, -0.1) is 0 Å². The third-order valence-corrected chi connectivity index (χ3v) is 8.08. The minimum Gasteiger partial charge on any atom is -0.435 e. The van der Waals surface area contributed by atoms with Gasteiger partial charge in [0, 0.05) is 66.4 Å². The second-order valence-corrected chi connectivity index (χ2v) is 10.5. The van der Waals surface area contributed by atoms with Crippen LogP contribution in [0.5, 0.6) is 5.75 Å². The van der Waals surface area contributed by atoms with E-state index >= 15 is 4.39 Å². The van der Waals surface area contributed by atoms with E-state index in [4.69, 9.17) is 4.74 Å². The molecule has 1 amide bonds. The van der Waals surface area contributed by atoms with E-state index < -0.39 is 24.5 Å². The summed E-state index contributed by atoms with van der Waals surface area (Å²) in [6.45, 7) is -1.85. The van der Waals surface area contributed by atoms with Crippen molar-refractivity contribution in [3.63, 3.8) is 0 Å². The van der Waals surface area contributed by atoms with E-state index in [9.17, 15) is 18.7 Å². The zero-order chi connectivity index (χ0) is 27.5. The monoisotopic (exact) mass is 550 g/mol. The first-order valence-electron chi connectivity index (χ1n) is 13.2. The van der Waals surface area contributed by atoms with Crippen molar-refractivity contribution in [3.8, 4) is 16.9 Å². The molecule has 0 spiro atoms. The lowest BCUT2D eigenvalue weighted by Gasteiger charge is -2.22. The molecule has 206 valence electrons. The van der Waals surface area contributed by atoms with Gasteiger partial charge in [-0.3, -0.25) is 4.79 Å². The van der Waals surface area contributed by atoms with E-state index in [-0.39, 0.29) is 41.2 Å². The highest BCUT2D eigenvalue weighted by Gasteiger charge is 2.38. The minimum absolute atomic E-state index is 0.0164. The number of fused-ring (bicyclic) bond motifs is 7. The van der Waals surface area contributed by atoms with Gasteiger partial charge in [0.15, 0.2) is 0 Å². The number of hydrogen-bond acceptors (Lipinski definition) is 7. The summed E-state index contributed by atoms with van der Waals surface area (Å²) in [6, 6.07) is 7.78. The fraction of sp³-hybridized carbons (Fsp3) is 0.357. The first kappa shape index (κ1) is 24.8. The van der Waals surface area contributed by atoms with Crippen molar-refractivity contribution in [3.05, 3.63) is 71.7 Å². The number of aliphatic hydroxyl groups is 1. The number of aliphatic hydroxyl groups excluding tert-OH is 1. The molecular weight excluding hydrogens is 525 g/mol. The standard InChI is InChI=1S/C28H25F3N6O3/c29-20-8-23-35-24-21(38)7-18(17-3-1-2-4-22(17)40-27(30)31)25(24)37(23)13-19(20)15-9-32-28(33-10-15)36-11-14-5-6-16(12-36)34-26(14)39/h1-4,8-10,13-14,16,18,21,27,38H,5-7,11-12H2,(H,34,39)/t14-,16+,18-,21-/m1/s1. The molecule has 8 rings (SSSR count). The molecule has 1 aromatic carbocycles. The Morgan fingerprint density at radius 3 is 2.70 bits per heavy atom. The molecule has 3 fully saturated rings. The number of halogens is 3. The van der Waals surface area contributed by atoms with Gasteiger partial charge >= 0.3 is 6.61 Å². The normalized spacial score (nSPS) is 23.9. The summed E-state index contributed by atoms with van der Waals surface area (Å²) in [4.78, 5) is 27.6. The van der Waals surface area contributed by atoms with Crippen molar-refractivity contribution >= 4 is 17.5 Å². The maximum Gasteiger partial charge on any atom is 0.387 e. The van der Waals surface area contributed by atoms with Crippen LogP contribution in [0.15, 0.2) is 48.9 Å². The molecule has 0 radical (unpaired) electrons. The van der Waals surface area contributed by atoms with Crippen molar-refractivity contribution in [1.29, 1.82) is 0 Å². The summed E-state index contributed by atoms with van der Waals surface area (Å²) in [5.74, 6) is -0.594. The molecule has 12 heteroatoms. The Morgan fingerprint density at radius 1 is 1.12 bits per heavy atom. The molecule has 40 heavy (non-hydrogen) atoms. The number of piperidine rings is 1. The Morgan fingerprint density at radius 2 is 1.93 bits per heavy atom. The molecule has 3 saturated heterocycles. The Labute approximate surface area is 226 Å². The number of carbonyl (C=O) groups excluding carboxylic acids is 1. The van der Waals surface area contributed by atoms with Crippen LogP contribution in [0.4, 0.5) is 19.1 Å². The lowest BCUT2D eigenvalue weighted by atomic mass is 9.95. The summed E-state index contributed by atoms with van der Waals surface area (Å²) in [5, 5.41) is 13.8. The molecule has 4 aliphatic rings. The van der Waals surface area contributed by atoms with E-state index in [1.165, 1.54) is 12.1 Å². The first-order chi connectivity index (χ1) is 19.4. The van der Waals surface area contributed by atoms with Gasteiger partial charge in [-0.1, -0.05) is 18.2 Å². The topological polar surface area (TPSA) is 105 Å². The molecule has 4 aromatic rings. The first-order valence-corrected chi connectivity index (χ1v) is 13.2. The number of nitrogens with zero attached hydrogens (tertiary/aromatic N) is 5. The van der Waals surface area contributed by atoms with Gasteiger partial charge in [-0.05, 0) is 25.3 Å². The Bertz CT molecular complexity index is 1610. The summed E-state index contributed by atoms with van der Waals surface area (Å²) in [7, 11) is 0. The van der Waals surface area contributed by atoms with Gasteiger partial charge in [-0.2, -0.15) is 8.78 Å². The molecular formula is C28H25F3N6O3. The molecule has 2 bridgehead atoms. The number of benzene rings is 1. The molecule has 2 N–H and O–H groups in total. The zero-order valence-electron chi connectivity index (χ0n) is 21.2. The fourth-order valence-electron chi connectivity index (χ4n) is 6.23. The third-order valence-electron chi connectivity index (χ3n) is 8.08. The second-order valence-electron chi connectivity index (χ2n) is 10.5. The highest BCUT2D eigenvalue weighted by molar-refractivity contribution is 5.81. The van der Waals surface area contributed by atoms with Crippen molar-refractivity contribution in [2.24, 2.45) is 5.92 Å². The van der Waals surface area contributed by atoms with Gasteiger partial charge < -0.3 is 24.5 Å². The number of pyridine rings is 1. The number of alkyl halides is 2. The number of aromatic nitrogens is 4. The van der Waals surface area contributed by atoms with Crippen molar-refractivity contribution in [2.75, 3.05) is 18.0 Å². The maximum atomic E-state index is 15.3. The lowest BCUT2D eigenvalue weighted by molar-refractivity contribution is -0.126. The van der Waals surface area contributed by atoms with Crippen LogP contribution >= 0.6 is 0 Å². The second kappa shape index (κ2) is 9.47. The third kappa shape index (κ3) is 4.14. The average Bonchev–Trinajstić information content (AvgIpc) is 3.30. The summed E-state index contributed by atoms with van der Waals surface area (Å²) < 4.78 is 48.0. The van der Waals surface area contributed by atoms with Crippen LogP contribution in [0.25, 0.3) is 16.8 Å². The quantitative estimate of drug-likeness (QED) is 0.389. The van der Waals surface area contributed by atoms with Crippen molar-refractivity contribution < 1.29 is 27.8 Å². The van der Waals surface area contributed by atoms with Gasteiger partial charge in [0.2, 0.25) is 11.9 Å². The predicted molar refractivity (Wildman–Crippen MR) is 138 cm³/mol. The van der Waals surface area contributed by atoms with Crippen molar-refractivity contribution in [1.82, 2.24) is 24.7 Å². The SMILES string of the molecule is O=C1N[C@H]2CC[C@@H]1CN(c1ncc(-c3cn4c5c(nc4cc3F)[C@H](O)C[C@@H]5c3ccccc3OC(F)F)cn1)C2. The molecule has 3 aromatic heterocycles. The van der Waals surface area contributed by atoms with Crippen LogP contribution in [0.3, 0.4) is 0 Å². The molecule has 1 aliphatic carbocycles. The number of rotatable bonds is 5. The highest BCUT2D eigenvalue weighted by Crippen LogP contribution is 2.47. The van der Waals surface area contributed by atoms with Crippen LogP contribution < -0.4 is 15.0 Å². The van der Waals surface area contributed by atoms with Gasteiger partial charge in [0.25, 0.3) is 0 Å². The largest absolute Gasteiger partial charge is 0.435 e. The number of imidazole rings is 1. The maximum absolute atomic E-state index is 15.3. The predicted octanol–water partition coefficient (Wildman–Crippen LogP) is 3.82. The number of para-hydroxylation sites is 1. The Balaban J connectivity index is 1.25. The Kier molecular flexibility index (Phi) is 5.88. The summed E-state index contributed by atoms with van der Waals surface area (Å²) in [5.41, 5.74) is 2.40. The van der Waals surface area contributed by atoms with E-state index in [2.05, 4.69) is 20.3 Å². The number of anilines is 1. The van der Waals surface area contributed by atoms with Crippen LogP contribution in [0.1, 0.15) is 48.2 Å². The van der Waals surface area contributed by atoms with E-state index in [0.29, 0.717) is 41.6 Å². The lowest BCUT2D eigenvalue weighted by Crippen LogP contribution is -2.43. The van der Waals surface area contributed by atoms with Crippen LogP contribution in [0, 0.1) is 11.7 Å². The number of carbonyl (C=O) groups is 1. The molecule has 4 atom stereocenters. The summed E-state index contributed by atoms with van der Waals surface area (Å²) >= 11 is 0. The zero-order valence-corrected chi connectivity index (χ0v) is 21.2. The number of ether oxygens (including phenoxy) is 1. The van der Waals surface area contributed by atoms with Crippen molar-refractivity contribution in [2.45, 2.75) is 43.9 Å². The molecule has 0 saturated carbocycles. The number of nitrogens with one attached hydrogen (secondary N) is 1. The molecule has 9 nitrogen and oxygen atoms in total. The average molecular weight is 551 g/mol. The molecule has 6 heterocycles. The van der Waals surface area contributed by atoms with Crippen LogP contribution in [-0.4, -0.2) is 56.1 Å². The van der Waals surface area contributed by atoms with Crippen LogP contribution in [0.2, 0.25) is 0 Å². The van der Waals surface area contributed by atoms with E-state index in [1.807, 2.05) is 4.90 Å². The number of hydrogen-bond donors (Lipinski definition) is 2. The van der Waals surface area contributed by atoms with E-state index in [0.717, 1.165) is 12.8 Å². The molecule has 3 aliphatic heterocycles. The van der Waals surface area contributed by atoms with Gasteiger partial charge in [0.1, 0.15) is 17.2 Å². The fourth-order valence-corrected chi connectivity index (χ4v) is 6.23. The van der Waals surface area contributed by atoms with E-state index in [1.54, 1.807) is 41.2 Å². The number of amides is 1. The minimum atomic E-state index is -3.00. The summed E-state index contributed by atoms with van der Waals surface area (Å²) in [6.07, 6.45) is 5.70. The smallest absolute Gasteiger partial charge is 0.387 e. The van der Waals surface area contributed by atoms with Gasteiger partial charge in [-0.25, -0.2) is 19.3 Å². The Hall–Kier alpha value is -4.19. The van der Waals surface area contributed by atoms with Crippen LogP contribution in [-0.2, 0) is 4.79 Å². The molecule has 0 unspecified atom stereocenters. The van der Waals surface area contributed by atoms with Gasteiger partial charge in [0.05, 0.1) is 23.4 Å². The highest BCUT2D eigenvalue weighted by atomic mass is 19.3.